The van der Waals surface area contributed by atoms with Crippen molar-refractivity contribution in [3.05, 3.63) is 231 Å². The Kier molecular flexibility index (Phi) is 8.65. The first-order valence-corrected chi connectivity index (χ1v) is 21.8. The summed E-state index contributed by atoms with van der Waals surface area (Å²) in [6, 6.07) is 82.9. The number of benzene rings is 10. The van der Waals surface area contributed by atoms with Crippen molar-refractivity contribution < 1.29 is 0 Å². The van der Waals surface area contributed by atoms with E-state index in [0.29, 0.717) is 0 Å². The lowest BCUT2D eigenvalue weighted by Gasteiger charge is -2.27. The zero-order valence-corrected chi connectivity index (χ0v) is 34.5. The third-order valence-electron chi connectivity index (χ3n) is 11.9. The number of aromatic nitrogens is 2. The Morgan fingerprint density at radius 1 is 0.355 bits per heavy atom. The fraction of sp³-hybridized carbons (Fsp3) is 0. The molecule has 0 radical (unpaired) electrons. The standard InChI is InChI=1S/C57H38N4S/c1-4-14-42(15-5-1)59(45-28-26-39(27-29-45)57-58-53-21-11-13-23-56(53)62-57)46-30-33-49-40(36-46)24-25-41-37-47(31-34-50(41)49)60(43-16-6-2-7-17-43)48-32-35-55-52(38-48)51-20-10-12-22-54(51)61(55)44-18-8-3-9-19-44/h1-38H. The van der Waals surface area contributed by atoms with Crippen LogP contribution in [0.3, 0.4) is 0 Å². The van der Waals surface area contributed by atoms with E-state index in [1.165, 1.54) is 48.1 Å². The average Bonchev–Trinajstić information content (AvgIpc) is 3.92. The van der Waals surface area contributed by atoms with Crippen LogP contribution in [0.5, 0.6) is 0 Å². The summed E-state index contributed by atoms with van der Waals surface area (Å²) in [6.07, 6.45) is 0. The Balaban J connectivity index is 0.932. The molecule has 0 atom stereocenters. The predicted octanol–water partition coefficient (Wildman–Crippen LogP) is 16.3. The second-order valence-electron chi connectivity index (χ2n) is 15.6. The van der Waals surface area contributed by atoms with Crippen LogP contribution < -0.4 is 9.80 Å². The molecular formula is C57H38N4S. The first kappa shape index (κ1) is 35.9. The van der Waals surface area contributed by atoms with Gasteiger partial charge in [0.15, 0.2) is 0 Å². The minimum absolute atomic E-state index is 1.03. The van der Waals surface area contributed by atoms with Crippen LogP contribution in [0.1, 0.15) is 0 Å². The van der Waals surface area contributed by atoms with Crippen molar-refractivity contribution in [3.63, 3.8) is 0 Å². The van der Waals surface area contributed by atoms with Gasteiger partial charge in [0.05, 0.1) is 21.3 Å². The quantitative estimate of drug-likeness (QED) is 0.143. The molecule has 0 amide bonds. The van der Waals surface area contributed by atoms with Crippen molar-refractivity contribution >= 4 is 99.0 Å². The van der Waals surface area contributed by atoms with E-state index in [-0.39, 0.29) is 0 Å². The van der Waals surface area contributed by atoms with Crippen molar-refractivity contribution in [1.29, 1.82) is 0 Å². The van der Waals surface area contributed by atoms with Gasteiger partial charge in [0.25, 0.3) is 0 Å². The smallest absolute Gasteiger partial charge is 0.124 e. The fourth-order valence-corrected chi connectivity index (χ4v) is 10.0. The Morgan fingerprint density at radius 2 is 0.855 bits per heavy atom. The van der Waals surface area contributed by atoms with Crippen LogP contribution in [-0.4, -0.2) is 9.55 Å². The summed E-state index contributed by atoms with van der Waals surface area (Å²) in [5.41, 5.74) is 12.3. The molecule has 0 aliphatic carbocycles. The highest BCUT2D eigenvalue weighted by atomic mass is 32.1. The molecule has 0 aliphatic rings. The van der Waals surface area contributed by atoms with Crippen molar-refractivity contribution in [3.8, 4) is 16.3 Å². The maximum Gasteiger partial charge on any atom is 0.124 e. The Bertz CT molecular complexity index is 3540. The molecule has 62 heavy (non-hydrogen) atoms. The van der Waals surface area contributed by atoms with Crippen LogP contribution in [0, 0.1) is 0 Å². The third-order valence-corrected chi connectivity index (χ3v) is 13.0. The highest BCUT2D eigenvalue weighted by Crippen LogP contribution is 2.43. The number of rotatable bonds is 8. The van der Waals surface area contributed by atoms with Gasteiger partial charge in [0.1, 0.15) is 5.01 Å². The molecule has 292 valence electrons. The minimum atomic E-state index is 1.03. The molecule has 0 saturated heterocycles. The molecule has 4 nitrogen and oxygen atoms in total. The van der Waals surface area contributed by atoms with Crippen LogP contribution in [0.4, 0.5) is 34.1 Å². The highest BCUT2D eigenvalue weighted by molar-refractivity contribution is 7.21. The molecule has 5 heteroatoms. The summed E-state index contributed by atoms with van der Waals surface area (Å²) < 4.78 is 3.57. The Morgan fingerprint density at radius 3 is 1.52 bits per heavy atom. The van der Waals surface area contributed by atoms with Crippen molar-refractivity contribution in [2.45, 2.75) is 0 Å². The summed E-state index contributed by atoms with van der Waals surface area (Å²) >= 11 is 1.73. The van der Waals surface area contributed by atoms with Crippen LogP contribution in [-0.2, 0) is 0 Å². The van der Waals surface area contributed by atoms with Crippen LogP contribution in [0.15, 0.2) is 231 Å². The number of nitrogens with zero attached hydrogens (tertiary/aromatic N) is 4. The van der Waals surface area contributed by atoms with E-state index in [0.717, 1.165) is 55.9 Å². The van der Waals surface area contributed by atoms with Crippen LogP contribution >= 0.6 is 11.3 Å². The van der Waals surface area contributed by atoms with E-state index in [4.69, 9.17) is 4.98 Å². The van der Waals surface area contributed by atoms with Gasteiger partial charge in [-0.05, 0) is 143 Å². The average molecular weight is 811 g/mol. The molecule has 0 aliphatic heterocycles. The summed E-state index contributed by atoms with van der Waals surface area (Å²) in [4.78, 5) is 9.62. The summed E-state index contributed by atoms with van der Waals surface area (Å²) in [7, 11) is 0. The fourth-order valence-electron chi connectivity index (χ4n) is 9.08. The normalized spacial score (nSPS) is 11.5. The van der Waals surface area contributed by atoms with E-state index >= 15 is 0 Å². The number of hydrogen-bond donors (Lipinski definition) is 0. The van der Waals surface area contributed by atoms with Gasteiger partial charge in [0, 0.05) is 56.1 Å². The molecule has 12 aromatic rings. The molecular weight excluding hydrogens is 773 g/mol. The first-order valence-electron chi connectivity index (χ1n) is 21.0. The van der Waals surface area contributed by atoms with Crippen molar-refractivity contribution in [2.75, 3.05) is 9.80 Å². The summed E-state index contributed by atoms with van der Waals surface area (Å²) in [5.74, 6) is 0. The van der Waals surface area contributed by atoms with Gasteiger partial charge < -0.3 is 14.4 Å². The minimum Gasteiger partial charge on any atom is -0.310 e. The molecule has 0 bridgehead atoms. The molecule has 0 fully saturated rings. The van der Waals surface area contributed by atoms with Gasteiger partial charge in [-0.3, -0.25) is 0 Å². The van der Waals surface area contributed by atoms with E-state index in [1.807, 2.05) is 6.07 Å². The van der Waals surface area contributed by atoms with Gasteiger partial charge in [-0.1, -0.05) is 109 Å². The molecule has 12 rings (SSSR count). The zero-order valence-electron chi connectivity index (χ0n) is 33.6. The Labute approximate surface area is 363 Å². The maximum absolute atomic E-state index is 4.91. The molecule has 0 spiro atoms. The largest absolute Gasteiger partial charge is 0.310 e. The number of thiazole rings is 1. The molecule has 2 heterocycles. The lowest BCUT2D eigenvalue weighted by molar-refractivity contribution is 1.18. The first-order chi connectivity index (χ1) is 30.7. The SMILES string of the molecule is c1ccc(N(c2ccc(-c3nc4ccccc4s3)cc2)c2ccc3c(ccc4cc(N(c5ccccc5)c5ccc6c(c5)c5ccccc5n6-c5ccccc5)ccc43)c2)cc1. The van der Waals surface area contributed by atoms with Crippen molar-refractivity contribution in [1.82, 2.24) is 9.55 Å². The second-order valence-corrected chi connectivity index (χ2v) is 16.7. The maximum atomic E-state index is 4.91. The van der Waals surface area contributed by atoms with E-state index in [2.05, 4.69) is 239 Å². The van der Waals surface area contributed by atoms with E-state index in [9.17, 15) is 0 Å². The molecule has 0 N–H and O–H groups in total. The monoisotopic (exact) mass is 810 g/mol. The molecule has 0 saturated carbocycles. The van der Waals surface area contributed by atoms with E-state index < -0.39 is 0 Å². The topological polar surface area (TPSA) is 24.3 Å². The lowest BCUT2D eigenvalue weighted by Crippen LogP contribution is -2.10. The summed E-state index contributed by atoms with van der Waals surface area (Å²) in [6.45, 7) is 0. The van der Waals surface area contributed by atoms with Crippen LogP contribution in [0.25, 0.3) is 69.8 Å². The number of anilines is 6. The highest BCUT2D eigenvalue weighted by Gasteiger charge is 2.19. The van der Waals surface area contributed by atoms with Gasteiger partial charge in [-0.15, -0.1) is 11.3 Å². The molecule has 2 aromatic heterocycles. The third kappa shape index (κ3) is 6.18. The number of para-hydroxylation sites is 5. The number of hydrogen-bond acceptors (Lipinski definition) is 4. The lowest BCUT2D eigenvalue weighted by atomic mass is 10.00. The molecule has 10 aromatic carbocycles. The second kappa shape index (κ2) is 14.9. The Hall–Kier alpha value is -7.99. The predicted molar refractivity (Wildman–Crippen MR) is 264 cm³/mol. The van der Waals surface area contributed by atoms with Gasteiger partial charge >= 0.3 is 0 Å². The van der Waals surface area contributed by atoms with Gasteiger partial charge in [-0.25, -0.2) is 4.98 Å². The zero-order chi connectivity index (χ0) is 41.0. The van der Waals surface area contributed by atoms with Crippen LogP contribution in [0.2, 0.25) is 0 Å². The van der Waals surface area contributed by atoms with Gasteiger partial charge in [-0.2, -0.15) is 0 Å². The number of fused-ring (bicyclic) bond motifs is 7. The van der Waals surface area contributed by atoms with Gasteiger partial charge in [0.2, 0.25) is 0 Å². The van der Waals surface area contributed by atoms with Crippen molar-refractivity contribution in [2.24, 2.45) is 0 Å². The molecule has 0 unspecified atom stereocenters. The van der Waals surface area contributed by atoms with E-state index in [1.54, 1.807) is 11.3 Å². The summed E-state index contributed by atoms with van der Waals surface area (Å²) in [5, 5.41) is 8.31.